The second-order valence-corrected chi connectivity index (χ2v) is 5.12. The lowest BCUT2D eigenvalue weighted by molar-refractivity contribution is 0.149. The Bertz CT molecular complexity index is 441. The Morgan fingerprint density at radius 2 is 2.00 bits per heavy atom. The molecule has 0 atom stereocenters. The minimum absolute atomic E-state index is 0.106. The van der Waals surface area contributed by atoms with Crippen LogP contribution in [0.5, 0.6) is 17.2 Å². The Kier molecular flexibility index (Phi) is 3.23. The van der Waals surface area contributed by atoms with E-state index >= 15 is 0 Å². The van der Waals surface area contributed by atoms with Crippen molar-refractivity contribution in [3.05, 3.63) is 16.1 Å². The van der Waals surface area contributed by atoms with Crippen LogP contribution >= 0.6 is 15.9 Å². The zero-order chi connectivity index (χ0) is 12.6. The number of benzene rings is 1. The Morgan fingerprint density at radius 1 is 1.35 bits per heavy atom. The molecular formula is C12H15BrO4. The van der Waals surface area contributed by atoms with E-state index in [2.05, 4.69) is 15.9 Å². The maximum atomic E-state index is 9.94. The van der Waals surface area contributed by atoms with Gasteiger partial charge in [-0.05, 0) is 28.8 Å². The van der Waals surface area contributed by atoms with Gasteiger partial charge in [0, 0.05) is 18.1 Å². The molecule has 0 saturated heterocycles. The van der Waals surface area contributed by atoms with Crippen LogP contribution < -0.4 is 9.47 Å². The summed E-state index contributed by atoms with van der Waals surface area (Å²) in [6, 6.07) is 1.50. The maximum absolute atomic E-state index is 9.94. The van der Waals surface area contributed by atoms with Gasteiger partial charge in [-0.25, -0.2) is 0 Å². The lowest BCUT2D eigenvalue weighted by Gasteiger charge is -2.16. The molecule has 0 spiro atoms. The van der Waals surface area contributed by atoms with Crippen molar-refractivity contribution in [2.75, 3.05) is 14.2 Å². The smallest absolute Gasteiger partial charge is 0.175 e. The largest absolute Gasteiger partial charge is 0.507 e. The zero-order valence-corrected chi connectivity index (χ0v) is 11.4. The predicted molar refractivity (Wildman–Crippen MR) is 66.8 cm³/mol. The van der Waals surface area contributed by atoms with E-state index in [1.165, 1.54) is 20.3 Å². The van der Waals surface area contributed by atoms with Crippen LogP contribution in [0.3, 0.4) is 0 Å². The Balaban J connectivity index is 2.44. The number of aromatic hydroxyl groups is 1. The highest BCUT2D eigenvalue weighted by molar-refractivity contribution is 9.10. The number of methoxy groups -OCH3 is 2. The number of halogens is 1. The lowest BCUT2D eigenvalue weighted by atomic mass is 10.0. The van der Waals surface area contributed by atoms with Gasteiger partial charge in [-0.1, -0.05) is 0 Å². The molecule has 17 heavy (non-hydrogen) atoms. The number of hydrogen-bond donors (Lipinski definition) is 2. The van der Waals surface area contributed by atoms with Crippen LogP contribution in [0.15, 0.2) is 10.5 Å². The van der Waals surface area contributed by atoms with Crippen molar-refractivity contribution in [2.24, 2.45) is 0 Å². The Labute approximate surface area is 108 Å². The molecule has 0 heterocycles. The first-order valence-corrected chi connectivity index (χ1v) is 6.15. The first-order chi connectivity index (χ1) is 8.00. The summed E-state index contributed by atoms with van der Waals surface area (Å²) in [5, 5.41) is 19.9. The van der Waals surface area contributed by atoms with Gasteiger partial charge in [0.15, 0.2) is 11.5 Å². The number of ether oxygens (including phenoxy) is 2. The van der Waals surface area contributed by atoms with Gasteiger partial charge in [-0.2, -0.15) is 0 Å². The molecule has 1 aromatic rings. The molecular weight excluding hydrogens is 288 g/mol. The molecule has 0 amide bonds. The fourth-order valence-electron chi connectivity index (χ4n) is 1.79. The topological polar surface area (TPSA) is 58.9 Å². The van der Waals surface area contributed by atoms with E-state index in [0.29, 0.717) is 28.0 Å². The average molecular weight is 303 g/mol. The van der Waals surface area contributed by atoms with Gasteiger partial charge in [0.1, 0.15) is 5.75 Å². The summed E-state index contributed by atoms with van der Waals surface area (Å²) in [5.41, 5.74) is -0.0118. The van der Waals surface area contributed by atoms with E-state index in [4.69, 9.17) is 9.47 Å². The van der Waals surface area contributed by atoms with Gasteiger partial charge in [0.25, 0.3) is 0 Å². The summed E-state index contributed by atoms with van der Waals surface area (Å²) in [7, 11) is 3.05. The fraction of sp³-hybridized carbons (Fsp3) is 0.500. The molecule has 0 bridgehead atoms. The van der Waals surface area contributed by atoms with E-state index in [0.717, 1.165) is 12.8 Å². The van der Waals surface area contributed by atoms with Crippen molar-refractivity contribution in [3.63, 3.8) is 0 Å². The molecule has 1 aromatic carbocycles. The lowest BCUT2D eigenvalue weighted by Crippen LogP contribution is -2.11. The average Bonchev–Trinajstić information content (AvgIpc) is 3.02. The van der Waals surface area contributed by atoms with Crippen molar-refractivity contribution >= 4 is 15.9 Å². The normalized spacial score (nSPS) is 16.7. The van der Waals surface area contributed by atoms with Crippen molar-refractivity contribution in [3.8, 4) is 17.2 Å². The predicted octanol–water partition coefficient (Wildman–Crippen LogP) is 2.24. The SMILES string of the molecule is COc1cc(O)c(CC2(O)CC2)c(Br)c1OC. The fourth-order valence-corrected chi connectivity index (χ4v) is 2.50. The van der Waals surface area contributed by atoms with Gasteiger partial charge in [-0.15, -0.1) is 0 Å². The summed E-state index contributed by atoms with van der Waals surface area (Å²) in [4.78, 5) is 0. The molecule has 0 unspecified atom stereocenters. The van der Waals surface area contributed by atoms with Crippen LogP contribution in [0, 0.1) is 0 Å². The van der Waals surface area contributed by atoms with E-state index in [9.17, 15) is 10.2 Å². The van der Waals surface area contributed by atoms with Crippen LogP contribution in [0.25, 0.3) is 0 Å². The zero-order valence-electron chi connectivity index (χ0n) is 9.79. The van der Waals surface area contributed by atoms with Gasteiger partial charge in [0.2, 0.25) is 0 Å². The van der Waals surface area contributed by atoms with Crippen molar-refractivity contribution < 1.29 is 19.7 Å². The van der Waals surface area contributed by atoms with Crippen molar-refractivity contribution in [2.45, 2.75) is 24.9 Å². The number of hydrogen-bond acceptors (Lipinski definition) is 4. The number of aliphatic hydroxyl groups is 1. The van der Waals surface area contributed by atoms with Gasteiger partial charge in [0.05, 0.1) is 24.3 Å². The van der Waals surface area contributed by atoms with Crippen molar-refractivity contribution in [1.82, 2.24) is 0 Å². The summed E-state index contributed by atoms with van der Waals surface area (Å²) >= 11 is 3.39. The molecule has 0 aromatic heterocycles. The highest BCUT2D eigenvalue weighted by atomic mass is 79.9. The number of phenols is 1. The molecule has 4 nitrogen and oxygen atoms in total. The summed E-state index contributed by atoms with van der Waals surface area (Å²) in [6.07, 6.45) is 1.96. The number of rotatable bonds is 4. The standard InChI is InChI=1S/C12H15BrO4/c1-16-9-5-8(14)7(6-12(15)3-4-12)10(13)11(9)17-2/h5,14-15H,3-4,6H2,1-2H3. The molecule has 1 aliphatic rings. The Hall–Kier alpha value is -0.940. The second kappa shape index (κ2) is 4.38. The van der Waals surface area contributed by atoms with Crippen LogP contribution in [-0.4, -0.2) is 30.0 Å². The molecule has 1 saturated carbocycles. The maximum Gasteiger partial charge on any atom is 0.175 e. The highest BCUT2D eigenvalue weighted by Crippen LogP contribution is 2.47. The van der Waals surface area contributed by atoms with Gasteiger partial charge in [-0.3, -0.25) is 0 Å². The molecule has 0 radical (unpaired) electrons. The van der Waals surface area contributed by atoms with Crippen LogP contribution in [-0.2, 0) is 6.42 Å². The quantitative estimate of drug-likeness (QED) is 0.895. The molecule has 2 rings (SSSR count). The molecule has 1 aliphatic carbocycles. The molecule has 1 fully saturated rings. The van der Waals surface area contributed by atoms with E-state index in [-0.39, 0.29) is 5.75 Å². The first kappa shape index (κ1) is 12.5. The minimum Gasteiger partial charge on any atom is -0.507 e. The Morgan fingerprint density at radius 3 is 2.47 bits per heavy atom. The van der Waals surface area contributed by atoms with Gasteiger partial charge < -0.3 is 19.7 Å². The van der Waals surface area contributed by atoms with E-state index < -0.39 is 5.60 Å². The molecule has 2 N–H and O–H groups in total. The molecule has 0 aliphatic heterocycles. The molecule has 94 valence electrons. The first-order valence-electron chi connectivity index (χ1n) is 5.35. The second-order valence-electron chi connectivity index (χ2n) is 4.32. The highest BCUT2D eigenvalue weighted by Gasteiger charge is 2.41. The summed E-state index contributed by atoms with van der Waals surface area (Å²) in [6.45, 7) is 0. The third-order valence-electron chi connectivity index (χ3n) is 3.02. The molecule has 5 heteroatoms. The van der Waals surface area contributed by atoms with E-state index in [1.54, 1.807) is 0 Å². The summed E-state index contributed by atoms with van der Waals surface area (Å²) in [5.74, 6) is 1.10. The third kappa shape index (κ3) is 2.35. The third-order valence-corrected chi connectivity index (χ3v) is 3.86. The van der Waals surface area contributed by atoms with Crippen molar-refractivity contribution in [1.29, 1.82) is 0 Å². The van der Waals surface area contributed by atoms with Crippen LogP contribution in [0.1, 0.15) is 18.4 Å². The van der Waals surface area contributed by atoms with Crippen LogP contribution in [0.2, 0.25) is 0 Å². The van der Waals surface area contributed by atoms with E-state index in [1.807, 2.05) is 0 Å². The van der Waals surface area contributed by atoms with Gasteiger partial charge >= 0.3 is 0 Å². The minimum atomic E-state index is -0.667. The summed E-state index contributed by atoms with van der Waals surface area (Å²) < 4.78 is 11.0. The van der Waals surface area contributed by atoms with Crippen LogP contribution in [0.4, 0.5) is 0 Å². The number of phenolic OH excluding ortho intramolecular Hbond substituents is 1. The monoisotopic (exact) mass is 302 g/mol.